The van der Waals surface area contributed by atoms with Gasteiger partial charge in [0.05, 0.1) is 6.20 Å². The summed E-state index contributed by atoms with van der Waals surface area (Å²) in [5.41, 5.74) is 1.35. The van der Waals surface area contributed by atoms with Crippen molar-refractivity contribution in [1.82, 2.24) is 20.0 Å². The molecule has 0 amide bonds. The summed E-state index contributed by atoms with van der Waals surface area (Å²) in [4.78, 5) is 2.56. The number of nitrogens with zero attached hydrogens (tertiary/aromatic N) is 3. The molecule has 1 fully saturated rings. The third-order valence-corrected chi connectivity index (χ3v) is 3.34. The van der Waals surface area contributed by atoms with Gasteiger partial charge in [-0.3, -0.25) is 4.68 Å². The molecule has 106 valence electrons. The van der Waals surface area contributed by atoms with Crippen LogP contribution >= 0.6 is 24.8 Å². The lowest BCUT2D eigenvalue weighted by Crippen LogP contribution is -2.26. The average Bonchev–Trinajstić information content (AvgIpc) is 2.85. The van der Waals surface area contributed by atoms with Gasteiger partial charge in [-0.15, -0.1) is 24.8 Å². The Morgan fingerprint density at radius 1 is 1.44 bits per heavy atom. The van der Waals surface area contributed by atoms with Gasteiger partial charge in [-0.05, 0) is 44.5 Å². The second-order valence-electron chi connectivity index (χ2n) is 4.79. The lowest BCUT2D eigenvalue weighted by Gasteiger charge is -2.15. The third-order valence-electron chi connectivity index (χ3n) is 3.34. The number of halogens is 2. The molecule has 0 spiro atoms. The highest BCUT2D eigenvalue weighted by Gasteiger charge is 2.21. The zero-order chi connectivity index (χ0) is 11.4. The van der Waals surface area contributed by atoms with Crippen LogP contribution in [-0.4, -0.2) is 47.9 Å². The molecular weight excluding hydrogens is 271 g/mol. The molecule has 0 radical (unpaired) electrons. The second-order valence-corrected chi connectivity index (χ2v) is 4.79. The molecule has 4 nitrogen and oxygen atoms in total. The largest absolute Gasteiger partial charge is 0.319 e. The summed E-state index contributed by atoms with van der Waals surface area (Å²) in [6, 6.07) is 0. The summed E-state index contributed by atoms with van der Waals surface area (Å²) < 4.78 is 1.88. The summed E-state index contributed by atoms with van der Waals surface area (Å²) >= 11 is 0. The lowest BCUT2D eigenvalue weighted by molar-refractivity contribution is 0.327. The van der Waals surface area contributed by atoms with E-state index >= 15 is 0 Å². The van der Waals surface area contributed by atoms with Crippen molar-refractivity contribution in [3.63, 3.8) is 0 Å². The fourth-order valence-corrected chi connectivity index (χ4v) is 2.46. The molecule has 1 aliphatic rings. The molecule has 1 aromatic heterocycles. The zero-order valence-electron chi connectivity index (χ0n) is 11.1. The SMILES string of the molecule is CNCC1CCN(CCc2cnn(C)c2)C1.Cl.Cl. The van der Waals surface area contributed by atoms with Crippen molar-refractivity contribution in [1.29, 1.82) is 0 Å². The maximum Gasteiger partial charge on any atom is 0.0522 e. The van der Waals surface area contributed by atoms with E-state index in [1.807, 2.05) is 25.0 Å². The Bertz CT molecular complexity index is 330. The average molecular weight is 295 g/mol. The number of aryl methyl sites for hydroxylation is 1. The molecule has 1 aromatic rings. The molecular formula is C12H24Cl2N4. The van der Waals surface area contributed by atoms with Gasteiger partial charge in [0, 0.05) is 26.3 Å². The predicted octanol–water partition coefficient (Wildman–Crippen LogP) is 1.35. The summed E-state index contributed by atoms with van der Waals surface area (Å²) in [7, 11) is 4.01. The number of aromatic nitrogens is 2. The van der Waals surface area contributed by atoms with Gasteiger partial charge in [0.25, 0.3) is 0 Å². The molecule has 1 unspecified atom stereocenters. The van der Waals surface area contributed by atoms with Gasteiger partial charge in [0.1, 0.15) is 0 Å². The minimum absolute atomic E-state index is 0. The summed E-state index contributed by atoms with van der Waals surface area (Å²) in [6.45, 7) is 4.84. The van der Waals surface area contributed by atoms with Crippen molar-refractivity contribution in [2.24, 2.45) is 13.0 Å². The van der Waals surface area contributed by atoms with E-state index < -0.39 is 0 Å². The highest BCUT2D eigenvalue weighted by atomic mass is 35.5. The van der Waals surface area contributed by atoms with Gasteiger partial charge in [0.15, 0.2) is 0 Å². The Hall–Kier alpha value is -0.290. The third kappa shape index (κ3) is 5.14. The van der Waals surface area contributed by atoms with E-state index in [-0.39, 0.29) is 24.8 Å². The summed E-state index contributed by atoms with van der Waals surface area (Å²) in [5.74, 6) is 0.846. The number of rotatable bonds is 5. The Balaban J connectivity index is 0.00000144. The molecule has 1 aliphatic heterocycles. The molecule has 1 atom stereocenters. The van der Waals surface area contributed by atoms with Crippen LogP contribution in [0.15, 0.2) is 12.4 Å². The molecule has 0 saturated carbocycles. The lowest BCUT2D eigenvalue weighted by atomic mass is 10.1. The van der Waals surface area contributed by atoms with Gasteiger partial charge in [-0.2, -0.15) is 5.10 Å². The first-order chi connectivity index (χ1) is 7.78. The molecule has 2 rings (SSSR count). The van der Waals surface area contributed by atoms with Crippen molar-refractivity contribution in [2.45, 2.75) is 12.8 Å². The monoisotopic (exact) mass is 294 g/mol. The number of nitrogens with one attached hydrogen (secondary N) is 1. The minimum Gasteiger partial charge on any atom is -0.319 e. The molecule has 6 heteroatoms. The zero-order valence-corrected chi connectivity index (χ0v) is 12.8. The quantitative estimate of drug-likeness (QED) is 0.890. The molecule has 1 saturated heterocycles. The molecule has 0 bridgehead atoms. The standard InChI is InChI=1S/C12H22N4.2ClH/c1-13-7-11-3-5-16(10-11)6-4-12-8-14-15(2)9-12;;/h8-9,11,13H,3-7,10H2,1-2H3;2*1H. The number of hydrogen-bond acceptors (Lipinski definition) is 3. The molecule has 18 heavy (non-hydrogen) atoms. The van der Waals surface area contributed by atoms with Crippen molar-refractivity contribution in [2.75, 3.05) is 33.2 Å². The molecule has 2 heterocycles. The summed E-state index contributed by atoms with van der Waals surface area (Å²) in [5, 5.41) is 7.46. The van der Waals surface area contributed by atoms with E-state index in [0.29, 0.717) is 0 Å². The van der Waals surface area contributed by atoms with E-state index in [1.165, 1.54) is 31.6 Å². The fourth-order valence-electron chi connectivity index (χ4n) is 2.46. The maximum absolute atomic E-state index is 4.19. The number of hydrogen-bond donors (Lipinski definition) is 1. The maximum atomic E-state index is 4.19. The Kier molecular flexibility index (Phi) is 8.61. The van der Waals surface area contributed by atoms with Crippen molar-refractivity contribution >= 4 is 24.8 Å². The molecule has 1 N–H and O–H groups in total. The van der Waals surface area contributed by atoms with Crippen molar-refractivity contribution < 1.29 is 0 Å². The van der Waals surface area contributed by atoms with Crippen molar-refractivity contribution in [3.05, 3.63) is 18.0 Å². The van der Waals surface area contributed by atoms with E-state index in [1.54, 1.807) is 0 Å². The Labute approximate surface area is 122 Å². The van der Waals surface area contributed by atoms with E-state index in [9.17, 15) is 0 Å². The van der Waals surface area contributed by atoms with Crippen LogP contribution in [0.5, 0.6) is 0 Å². The first kappa shape index (κ1) is 17.7. The van der Waals surface area contributed by atoms with Gasteiger partial charge in [0.2, 0.25) is 0 Å². The Morgan fingerprint density at radius 3 is 2.83 bits per heavy atom. The number of likely N-dealkylation sites (tertiary alicyclic amines) is 1. The van der Waals surface area contributed by atoms with Crippen LogP contribution in [0.25, 0.3) is 0 Å². The smallest absolute Gasteiger partial charge is 0.0522 e. The van der Waals surface area contributed by atoms with Gasteiger partial charge in [-0.25, -0.2) is 0 Å². The first-order valence-corrected chi connectivity index (χ1v) is 6.12. The highest BCUT2D eigenvalue weighted by Crippen LogP contribution is 2.15. The van der Waals surface area contributed by atoms with Gasteiger partial charge < -0.3 is 10.2 Å². The molecule has 0 aromatic carbocycles. The topological polar surface area (TPSA) is 33.1 Å². The van der Waals surface area contributed by atoms with Crippen LogP contribution in [0.3, 0.4) is 0 Å². The van der Waals surface area contributed by atoms with E-state index in [2.05, 4.69) is 21.5 Å². The first-order valence-electron chi connectivity index (χ1n) is 6.12. The van der Waals surface area contributed by atoms with Crippen LogP contribution in [0.1, 0.15) is 12.0 Å². The minimum atomic E-state index is 0. The fraction of sp³-hybridized carbons (Fsp3) is 0.750. The van der Waals surface area contributed by atoms with E-state index in [4.69, 9.17) is 0 Å². The highest BCUT2D eigenvalue weighted by molar-refractivity contribution is 5.85. The van der Waals surface area contributed by atoms with Crippen LogP contribution in [0, 0.1) is 5.92 Å². The Morgan fingerprint density at radius 2 is 2.22 bits per heavy atom. The second kappa shape index (κ2) is 8.75. The summed E-state index contributed by atoms with van der Waals surface area (Å²) in [6.07, 6.45) is 6.55. The predicted molar refractivity (Wildman–Crippen MR) is 79.9 cm³/mol. The van der Waals surface area contributed by atoms with Crippen LogP contribution < -0.4 is 5.32 Å². The molecule has 0 aliphatic carbocycles. The van der Waals surface area contributed by atoms with Crippen LogP contribution in [-0.2, 0) is 13.5 Å². The van der Waals surface area contributed by atoms with Gasteiger partial charge >= 0.3 is 0 Å². The van der Waals surface area contributed by atoms with Crippen LogP contribution in [0.4, 0.5) is 0 Å². The van der Waals surface area contributed by atoms with Crippen molar-refractivity contribution in [3.8, 4) is 0 Å². The van der Waals surface area contributed by atoms with E-state index in [0.717, 1.165) is 18.9 Å². The van der Waals surface area contributed by atoms with Crippen LogP contribution in [0.2, 0.25) is 0 Å². The normalized spacial score (nSPS) is 19.3. The van der Waals surface area contributed by atoms with Gasteiger partial charge in [-0.1, -0.05) is 0 Å².